The molecule has 0 heterocycles. The van der Waals surface area contributed by atoms with Crippen molar-refractivity contribution in [3.05, 3.63) is 34.9 Å². The third-order valence-electron chi connectivity index (χ3n) is 3.31. The summed E-state index contributed by atoms with van der Waals surface area (Å²) in [6, 6.07) is 4.55. The molecular weight excluding hydrogens is 280 g/mol. The molecule has 0 spiro atoms. The molecule has 1 amide bonds. The second kappa shape index (κ2) is 7.26. The summed E-state index contributed by atoms with van der Waals surface area (Å²) in [4.78, 5) is 23.3. The summed E-state index contributed by atoms with van der Waals surface area (Å²) in [5.74, 6) is -1.70. The zero-order valence-electron chi connectivity index (χ0n) is 11.5. The number of hydrogen-bond acceptors (Lipinski definition) is 3. The average molecular weight is 299 g/mol. The monoisotopic (exact) mass is 298 g/mol. The van der Waals surface area contributed by atoms with Gasteiger partial charge in [0.05, 0.1) is 6.04 Å². The molecule has 4 N–H and O–H groups in total. The molecule has 0 bridgehead atoms. The smallest absolute Gasteiger partial charge is 0.330 e. The lowest BCUT2D eigenvalue weighted by molar-refractivity contribution is -0.142. The van der Waals surface area contributed by atoms with Gasteiger partial charge in [-0.15, -0.1) is 0 Å². The number of halogens is 1. The van der Waals surface area contributed by atoms with Crippen LogP contribution in [0, 0.1) is 5.92 Å². The van der Waals surface area contributed by atoms with E-state index in [0.29, 0.717) is 5.56 Å². The number of carbonyl (C=O) groups excluding carboxylic acids is 1. The minimum atomic E-state index is -1.20. The SMILES string of the molecule is CC[C@H](C)[C@H](N)C(=O)N[C@@H](C(=O)O)c1ccccc1Cl. The number of amides is 1. The molecule has 3 atom stereocenters. The molecule has 0 aliphatic rings. The molecule has 110 valence electrons. The van der Waals surface area contributed by atoms with E-state index in [9.17, 15) is 14.7 Å². The van der Waals surface area contributed by atoms with Crippen LogP contribution in [-0.4, -0.2) is 23.0 Å². The fourth-order valence-corrected chi connectivity index (χ4v) is 1.98. The summed E-state index contributed by atoms with van der Waals surface area (Å²) < 4.78 is 0. The van der Waals surface area contributed by atoms with Crippen molar-refractivity contribution >= 4 is 23.5 Å². The Labute approximate surface area is 123 Å². The molecule has 6 heteroatoms. The summed E-state index contributed by atoms with van der Waals surface area (Å²) in [6.45, 7) is 3.76. The van der Waals surface area contributed by atoms with E-state index in [4.69, 9.17) is 17.3 Å². The molecule has 1 aromatic carbocycles. The van der Waals surface area contributed by atoms with Crippen molar-refractivity contribution in [3.63, 3.8) is 0 Å². The number of nitrogens with two attached hydrogens (primary N) is 1. The Balaban J connectivity index is 2.92. The maximum absolute atomic E-state index is 12.0. The van der Waals surface area contributed by atoms with E-state index in [2.05, 4.69) is 5.32 Å². The summed E-state index contributed by atoms with van der Waals surface area (Å²) in [5, 5.41) is 12.0. The minimum absolute atomic E-state index is 0.0318. The minimum Gasteiger partial charge on any atom is -0.479 e. The van der Waals surface area contributed by atoms with Crippen LogP contribution in [-0.2, 0) is 9.59 Å². The van der Waals surface area contributed by atoms with Crippen molar-refractivity contribution in [1.82, 2.24) is 5.32 Å². The fourth-order valence-electron chi connectivity index (χ4n) is 1.73. The van der Waals surface area contributed by atoms with Gasteiger partial charge in [0.2, 0.25) is 5.91 Å². The van der Waals surface area contributed by atoms with E-state index in [0.717, 1.165) is 6.42 Å². The number of aliphatic carboxylic acids is 1. The number of carboxylic acid groups (broad SMARTS) is 1. The molecule has 0 saturated heterocycles. The second-order valence-electron chi connectivity index (χ2n) is 4.71. The van der Waals surface area contributed by atoms with Gasteiger partial charge in [-0.1, -0.05) is 50.1 Å². The zero-order chi connectivity index (χ0) is 15.3. The normalized spacial score (nSPS) is 15.2. The molecule has 0 aromatic heterocycles. The summed E-state index contributed by atoms with van der Waals surface area (Å²) in [6.07, 6.45) is 0.735. The molecule has 20 heavy (non-hydrogen) atoms. The van der Waals surface area contributed by atoms with Gasteiger partial charge in [0.25, 0.3) is 0 Å². The Morgan fingerprint density at radius 3 is 2.50 bits per heavy atom. The zero-order valence-corrected chi connectivity index (χ0v) is 12.2. The highest BCUT2D eigenvalue weighted by Gasteiger charge is 2.28. The fraction of sp³-hybridized carbons (Fsp3) is 0.429. The summed E-state index contributed by atoms with van der Waals surface area (Å²) in [7, 11) is 0. The summed E-state index contributed by atoms with van der Waals surface area (Å²) >= 11 is 5.97. The van der Waals surface area contributed by atoms with Crippen molar-refractivity contribution in [2.24, 2.45) is 11.7 Å². The van der Waals surface area contributed by atoms with Crippen LogP contribution in [0.25, 0.3) is 0 Å². The first-order valence-corrected chi connectivity index (χ1v) is 6.79. The van der Waals surface area contributed by atoms with Gasteiger partial charge in [-0.3, -0.25) is 4.79 Å². The third-order valence-corrected chi connectivity index (χ3v) is 3.65. The van der Waals surface area contributed by atoms with Gasteiger partial charge in [-0.25, -0.2) is 4.79 Å². The standard InChI is InChI=1S/C14H19ClN2O3/c1-3-8(2)11(16)13(18)17-12(14(19)20)9-6-4-5-7-10(9)15/h4-8,11-12H,3,16H2,1-2H3,(H,17,18)(H,19,20)/t8-,11-,12+/m0/s1. The maximum atomic E-state index is 12.0. The third kappa shape index (κ3) is 3.95. The van der Waals surface area contributed by atoms with E-state index >= 15 is 0 Å². The number of carboxylic acids is 1. The largest absolute Gasteiger partial charge is 0.479 e. The van der Waals surface area contributed by atoms with Crippen LogP contribution in [0.3, 0.4) is 0 Å². The molecule has 0 aliphatic heterocycles. The highest BCUT2D eigenvalue weighted by molar-refractivity contribution is 6.31. The molecule has 0 radical (unpaired) electrons. The van der Waals surface area contributed by atoms with Crippen molar-refractivity contribution in [3.8, 4) is 0 Å². The molecule has 0 saturated carbocycles. The maximum Gasteiger partial charge on any atom is 0.330 e. The van der Waals surface area contributed by atoms with Gasteiger partial charge < -0.3 is 16.2 Å². The highest BCUT2D eigenvalue weighted by atomic mass is 35.5. The quantitative estimate of drug-likeness (QED) is 0.748. The molecule has 0 fully saturated rings. The lowest BCUT2D eigenvalue weighted by Crippen LogP contribution is -2.47. The first-order chi connectivity index (χ1) is 9.38. The Hall–Kier alpha value is -1.59. The van der Waals surface area contributed by atoms with Gasteiger partial charge >= 0.3 is 5.97 Å². The Morgan fingerprint density at radius 1 is 1.40 bits per heavy atom. The van der Waals surface area contributed by atoms with E-state index in [1.165, 1.54) is 0 Å². The number of nitrogens with one attached hydrogen (secondary N) is 1. The Morgan fingerprint density at radius 2 is 2.00 bits per heavy atom. The molecular formula is C14H19ClN2O3. The Kier molecular flexibility index (Phi) is 5.98. The molecule has 0 unspecified atom stereocenters. The highest BCUT2D eigenvalue weighted by Crippen LogP contribution is 2.23. The van der Waals surface area contributed by atoms with Crippen LogP contribution in [0.1, 0.15) is 31.9 Å². The van der Waals surface area contributed by atoms with Crippen molar-refractivity contribution in [2.75, 3.05) is 0 Å². The van der Waals surface area contributed by atoms with Crippen molar-refractivity contribution in [2.45, 2.75) is 32.4 Å². The van der Waals surface area contributed by atoms with Gasteiger partial charge in [0.1, 0.15) is 0 Å². The van der Waals surface area contributed by atoms with Crippen molar-refractivity contribution < 1.29 is 14.7 Å². The van der Waals surface area contributed by atoms with E-state index in [1.54, 1.807) is 24.3 Å². The van der Waals surface area contributed by atoms with Gasteiger partial charge in [0, 0.05) is 10.6 Å². The van der Waals surface area contributed by atoms with Crippen LogP contribution in [0.2, 0.25) is 5.02 Å². The van der Waals surface area contributed by atoms with Crippen molar-refractivity contribution in [1.29, 1.82) is 0 Å². The molecule has 1 aromatic rings. The predicted octanol–water partition coefficient (Wildman–Crippen LogP) is 1.96. The van der Waals surface area contributed by atoms with E-state index in [1.807, 2.05) is 13.8 Å². The number of benzene rings is 1. The lowest BCUT2D eigenvalue weighted by atomic mass is 9.98. The molecule has 0 aliphatic carbocycles. The first kappa shape index (κ1) is 16.5. The number of hydrogen-bond donors (Lipinski definition) is 3. The van der Waals surface area contributed by atoms with Crippen LogP contribution in [0.5, 0.6) is 0 Å². The van der Waals surface area contributed by atoms with Gasteiger partial charge in [-0.05, 0) is 12.0 Å². The van der Waals surface area contributed by atoms with Gasteiger partial charge in [0.15, 0.2) is 6.04 Å². The van der Waals surface area contributed by atoms with Crippen LogP contribution >= 0.6 is 11.6 Å². The molecule has 1 rings (SSSR count). The molecule has 5 nitrogen and oxygen atoms in total. The first-order valence-electron chi connectivity index (χ1n) is 6.41. The summed E-state index contributed by atoms with van der Waals surface area (Å²) in [5.41, 5.74) is 6.14. The number of carbonyl (C=O) groups is 2. The van der Waals surface area contributed by atoms with E-state index in [-0.39, 0.29) is 10.9 Å². The van der Waals surface area contributed by atoms with Crippen LogP contribution in [0.4, 0.5) is 0 Å². The Bertz CT molecular complexity index is 493. The van der Waals surface area contributed by atoms with Gasteiger partial charge in [-0.2, -0.15) is 0 Å². The number of rotatable bonds is 6. The predicted molar refractivity (Wildman–Crippen MR) is 77.4 cm³/mol. The topological polar surface area (TPSA) is 92.4 Å². The lowest BCUT2D eigenvalue weighted by Gasteiger charge is -2.21. The average Bonchev–Trinajstić information content (AvgIpc) is 2.43. The van der Waals surface area contributed by atoms with Crippen LogP contribution in [0.15, 0.2) is 24.3 Å². The van der Waals surface area contributed by atoms with Crippen LogP contribution < -0.4 is 11.1 Å². The van der Waals surface area contributed by atoms with E-state index < -0.39 is 24.0 Å². The second-order valence-corrected chi connectivity index (χ2v) is 5.12.